The molecule has 0 radical (unpaired) electrons. The van der Waals surface area contributed by atoms with Crippen molar-refractivity contribution >= 4 is 31.0 Å². The summed E-state index contributed by atoms with van der Waals surface area (Å²) in [5.74, 6) is 1.31. The number of benzene rings is 2. The summed E-state index contributed by atoms with van der Waals surface area (Å²) in [5.41, 5.74) is 0.932. The van der Waals surface area contributed by atoms with E-state index >= 15 is 0 Å². The summed E-state index contributed by atoms with van der Waals surface area (Å²) >= 11 is 0. The summed E-state index contributed by atoms with van der Waals surface area (Å²) in [5, 5.41) is 1.07. The van der Waals surface area contributed by atoms with Crippen molar-refractivity contribution in [3.8, 4) is 0 Å². The third kappa shape index (κ3) is 10.1. The number of fused-ring (bicyclic) bond motifs is 1. The highest BCUT2D eigenvalue weighted by molar-refractivity contribution is 7.86. The molecule has 2 rings (SSSR count). The summed E-state index contributed by atoms with van der Waals surface area (Å²) in [7, 11) is -8.87. The molecule has 0 saturated heterocycles. The zero-order valence-electron chi connectivity index (χ0n) is 22.3. The van der Waals surface area contributed by atoms with Gasteiger partial charge in [0.2, 0.25) is 0 Å². The summed E-state index contributed by atoms with van der Waals surface area (Å²) in [6.07, 6.45) is 11.0. The molecule has 8 heteroatoms. The first-order chi connectivity index (χ1) is 16.8. The predicted molar refractivity (Wildman–Crippen MR) is 147 cm³/mol. The quantitative estimate of drug-likeness (QED) is 0.167. The van der Waals surface area contributed by atoms with E-state index in [2.05, 4.69) is 27.7 Å². The highest BCUT2D eigenvalue weighted by Gasteiger charge is 2.21. The van der Waals surface area contributed by atoms with E-state index in [0.717, 1.165) is 64.2 Å². The minimum absolute atomic E-state index is 0.128. The van der Waals surface area contributed by atoms with Gasteiger partial charge in [-0.1, -0.05) is 79.1 Å². The maximum absolute atomic E-state index is 12.2. The van der Waals surface area contributed by atoms with E-state index in [1.54, 1.807) is 12.1 Å². The van der Waals surface area contributed by atoms with Gasteiger partial charge in [-0.25, -0.2) is 0 Å². The molecule has 0 aliphatic heterocycles. The third-order valence-electron chi connectivity index (χ3n) is 6.71. The molecule has 0 heterocycles. The van der Waals surface area contributed by atoms with Crippen molar-refractivity contribution in [1.82, 2.24) is 0 Å². The molecule has 0 spiro atoms. The second-order valence-corrected chi connectivity index (χ2v) is 13.7. The van der Waals surface area contributed by atoms with Gasteiger partial charge in [-0.3, -0.25) is 9.11 Å². The monoisotopic (exact) mass is 540 g/mol. The van der Waals surface area contributed by atoms with Gasteiger partial charge < -0.3 is 0 Å². The minimum atomic E-state index is -4.44. The molecule has 0 saturated carbocycles. The summed E-state index contributed by atoms with van der Waals surface area (Å²) < 4.78 is 68.4. The number of unbranched alkanes of at least 4 members (excludes halogenated alkanes) is 6. The van der Waals surface area contributed by atoms with Crippen molar-refractivity contribution in [3.63, 3.8) is 0 Å². The largest absolute Gasteiger partial charge is 0.294 e. The van der Waals surface area contributed by atoms with Gasteiger partial charge in [0.05, 0.1) is 9.79 Å². The Morgan fingerprint density at radius 2 is 0.889 bits per heavy atom. The van der Waals surface area contributed by atoms with Crippen LogP contribution in [0, 0.1) is 11.8 Å². The number of hydrogen-bond donors (Lipinski definition) is 2. The molecule has 0 bridgehead atoms. The van der Waals surface area contributed by atoms with Gasteiger partial charge in [-0.05, 0) is 83.7 Å². The molecular formula is C28H44O6S2. The van der Waals surface area contributed by atoms with Crippen molar-refractivity contribution in [3.05, 3.63) is 35.4 Å². The van der Waals surface area contributed by atoms with E-state index in [1.807, 2.05) is 0 Å². The first-order valence-electron chi connectivity index (χ1n) is 13.3. The van der Waals surface area contributed by atoms with Crippen LogP contribution in [0.25, 0.3) is 10.8 Å². The molecule has 2 aromatic rings. The molecule has 0 aliphatic carbocycles. The Labute approximate surface area is 218 Å². The lowest BCUT2D eigenvalue weighted by atomic mass is 9.97. The molecule has 0 aromatic heterocycles. The smallest absolute Gasteiger partial charge is 0.282 e. The average molecular weight is 541 g/mol. The Morgan fingerprint density at radius 3 is 1.19 bits per heavy atom. The summed E-state index contributed by atoms with van der Waals surface area (Å²) in [4.78, 5) is -0.257. The Balaban J connectivity index is 2.28. The van der Waals surface area contributed by atoms with Crippen LogP contribution in [-0.4, -0.2) is 25.9 Å². The van der Waals surface area contributed by atoms with Crippen LogP contribution < -0.4 is 0 Å². The molecule has 0 unspecified atom stereocenters. The highest BCUT2D eigenvalue weighted by Crippen LogP contribution is 2.30. The van der Waals surface area contributed by atoms with Gasteiger partial charge in [0.1, 0.15) is 0 Å². The number of aryl methyl sites for hydroxylation is 2. The van der Waals surface area contributed by atoms with Gasteiger partial charge in [-0.15, -0.1) is 0 Å². The molecule has 0 aliphatic rings. The Hall–Kier alpha value is -1.48. The lowest BCUT2D eigenvalue weighted by Crippen LogP contribution is -2.06. The molecule has 0 amide bonds. The Bertz CT molecular complexity index is 1100. The normalized spacial score (nSPS) is 12.8. The number of rotatable bonds is 16. The maximum atomic E-state index is 12.2. The first-order valence-corrected chi connectivity index (χ1v) is 16.2. The standard InChI is InChI=1S/C28H44O6S2/c1-21(2)13-9-5-7-11-15-23-17-25-20-28(36(32,33)34)24(16-12-8-6-10-14-22(3)4)18-26(25)19-27(23)35(29,30)31/h17-22H,5-16H2,1-4H3,(H,29,30,31)(H,32,33,34). The number of hydrogen-bond acceptors (Lipinski definition) is 4. The lowest BCUT2D eigenvalue weighted by Gasteiger charge is -2.14. The zero-order valence-corrected chi connectivity index (χ0v) is 23.9. The fraction of sp³-hybridized carbons (Fsp3) is 0.643. The fourth-order valence-corrected chi connectivity index (χ4v) is 6.25. The topological polar surface area (TPSA) is 109 Å². The van der Waals surface area contributed by atoms with Crippen LogP contribution in [-0.2, 0) is 33.1 Å². The Morgan fingerprint density at radius 1 is 0.556 bits per heavy atom. The predicted octanol–water partition coefficient (Wildman–Crippen LogP) is 7.63. The molecule has 2 aromatic carbocycles. The van der Waals surface area contributed by atoms with Crippen LogP contribution in [0.5, 0.6) is 0 Å². The van der Waals surface area contributed by atoms with Crippen LogP contribution in [0.4, 0.5) is 0 Å². The lowest BCUT2D eigenvalue weighted by molar-refractivity contribution is 0.479. The second-order valence-electron chi connectivity index (χ2n) is 10.9. The van der Waals surface area contributed by atoms with Crippen LogP contribution in [0.15, 0.2) is 34.1 Å². The van der Waals surface area contributed by atoms with E-state index in [1.165, 1.54) is 12.1 Å². The Kier molecular flexibility index (Phi) is 11.9. The van der Waals surface area contributed by atoms with E-state index in [9.17, 15) is 25.9 Å². The molecule has 204 valence electrons. The van der Waals surface area contributed by atoms with Gasteiger partial charge in [0, 0.05) is 0 Å². The van der Waals surface area contributed by atoms with Crippen LogP contribution >= 0.6 is 0 Å². The maximum Gasteiger partial charge on any atom is 0.294 e. The van der Waals surface area contributed by atoms with E-state index in [0.29, 0.717) is 46.6 Å². The van der Waals surface area contributed by atoms with Crippen molar-refractivity contribution in [2.45, 2.75) is 115 Å². The average Bonchev–Trinajstić information content (AvgIpc) is 2.75. The first kappa shape index (κ1) is 30.7. The SMILES string of the molecule is CC(C)CCCCCCc1cc2cc(S(=O)(=O)O)c(CCCCCCC(C)C)cc2cc1S(=O)(=O)O. The van der Waals surface area contributed by atoms with E-state index < -0.39 is 20.2 Å². The van der Waals surface area contributed by atoms with Crippen LogP contribution in [0.2, 0.25) is 0 Å². The van der Waals surface area contributed by atoms with E-state index in [-0.39, 0.29) is 9.79 Å². The van der Waals surface area contributed by atoms with Crippen molar-refractivity contribution in [1.29, 1.82) is 0 Å². The summed E-state index contributed by atoms with van der Waals surface area (Å²) in [6, 6.07) is 6.13. The fourth-order valence-electron chi connectivity index (χ4n) is 4.72. The molecular weight excluding hydrogens is 496 g/mol. The minimum Gasteiger partial charge on any atom is -0.282 e. The van der Waals surface area contributed by atoms with Crippen molar-refractivity contribution < 1.29 is 25.9 Å². The third-order valence-corrected chi connectivity index (χ3v) is 8.58. The van der Waals surface area contributed by atoms with Gasteiger partial charge >= 0.3 is 0 Å². The van der Waals surface area contributed by atoms with Crippen LogP contribution in [0.3, 0.4) is 0 Å². The molecule has 0 fully saturated rings. The highest BCUT2D eigenvalue weighted by atomic mass is 32.2. The van der Waals surface area contributed by atoms with Gasteiger partial charge in [0.25, 0.3) is 20.2 Å². The summed E-state index contributed by atoms with van der Waals surface area (Å²) in [6.45, 7) is 8.75. The second kappa shape index (κ2) is 13.9. The molecule has 2 N–H and O–H groups in total. The van der Waals surface area contributed by atoms with Gasteiger partial charge in [0.15, 0.2) is 0 Å². The van der Waals surface area contributed by atoms with Crippen molar-refractivity contribution in [2.75, 3.05) is 0 Å². The van der Waals surface area contributed by atoms with Crippen molar-refractivity contribution in [2.24, 2.45) is 11.8 Å². The van der Waals surface area contributed by atoms with Crippen LogP contribution in [0.1, 0.15) is 103 Å². The zero-order chi connectivity index (χ0) is 26.9. The molecule has 6 nitrogen and oxygen atoms in total. The molecule has 36 heavy (non-hydrogen) atoms. The van der Waals surface area contributed by atoms with E-state index in [4.69, 9.17) is 0 Å². The van der Waals surface area contributed by atoms with Gasteiger partial charge in [-0.2, -0.15) is 16.8 Å². The molecule has 0 atom stereocenters.